The number of rotatable bonds is 3. The predicted molar refractivity (Wildman–Crippen MR) is 56.9 cm³/mol. The van der Waals surface area contributed by atoms with Gasteiger partial charge in [-0.15, -0.1) is 0 Å². The number of nitrogens with zero attached hydrogens (tertiary/aromatic N) is 1. The lowest BCUT2D eigenvalue weighted by molar-refractivity contribution is -0.384. The molecule has 0 unspecified atom stereocenters. The van der Waals surface area contributed by atoms with Gasteiger partial charge < -0.3 is 14.8 Å². The average Bonchev–Trinajstić information content (AvgIpc) is 2.24. The van der Waals surface area contributed by atoms with Crippen LogP contribution in [0.15, 0.2) is 24.3 Å². The Morgan fingerprint density at radius 2 is 2.00 bits per heavy atom. The molecule has 0 radical (unpaired) electrons. The molecule has 1 aromatic carbocycles. The van der Waals surface area contributed by atoms with E-state index in [0.29, 0.717) is 13.1 Å². The third-order valence-electron chi connectivity index (χ3n) is 2.26. The van der Waals surface area contributed by atoms with Crippen molar-refractivity contribution < 1.29 is 19.2 Å². The Morgan fingerprint density at radius 3 is 2.47 bits per heavy atom. The lowest BCUT2D eigenvalue weighted by Gasteiger charge is -2.25. The summed E-state index contributed by atoms with van der Waals surface area (Å²) in [7, 11) is 0. The molecule has 0 atom stereocenters. The van der Waals surface area contributed by atoms with Crippen LogP contribution in [0.3, 0.4) is 0 Å². The van der Waals surface area contributed by atoms with Gasteiger partial charge in [0.05, 0.1) is 4.92 Å². The van der Waals surface area contributed by atoms with Crippen LogP contribution in [0.4, 0.5) is 10.5 Å². The number of carbonyl (C=O) groups is 1. The summed E-state index contributed by atoms with van der Waals surface area (Å²) in [6, 6.07) is 5.21. The first-order valence-electron chi connectivity index (χ1n) is 4.99. The van der Waals surface area contributed by atoms with Crippen molar-refractivity contribution in [2.45, 2.75) is 6.10 Å². The van der Waals surface area contributed by atoms with E-state index in [-0.39, 0.29) is 17.5 Å². The second-order valence-electron chi connectivity index (χ2n) is 3.50. The van der Waals surface area contributed by atoms with Crippen LogP contribution in [0.1, 0.15) is 0 Å². The normalized spacial score (nSPS) is 14.8. The lowest BCUT2D eigenvalue weighted by atomic mass is 10.2. The minimum atomic E-state index is -0.801. The fraction of sp³-hybridized carbons (Fsp3) is 0.300. The van der Waals surface area contributed by atoms with Gasteiger partial charge in [0, 0.05) is 25.2 Å². The van der Waals surface area contributed by atoms with Crippen molar-refractivity contribution in [3.05, 3.63) is 34.4 Å². The van der Waals surface area contributed by atoms with E-state index < -0.39 is 11.1 Å². The number of nitro groups is 1. The number of nitro benzene ring substituents is 1. The van der Waals surface area contributed by atoms with Gasteiger partial charge in [0.1, 0.15) is 11.9 Å². The first kappa shape index (κ1) is 11.3. The molecule has 1 heterocycles. The van der Waals surface area contributed by atoms with Crippen LogP contribution in [0.5, 0.6) is 5.75 Å². The number of benzene rings is 1. The molecule has 0 aliphatic carbocycles. The highest BCUT2D eigenvalue weighted by Crippen LogP contribution is 2.18. The highest BCUT2D eigenvalue weighted by molar-refractivity contribution is 5.64. The lowest BCUT2D eigenvalue weighted by Crippen LogP contribution is -2.49. The van der Waals surface area contributed by atoms with Gasteiger partial charge in [0.2, 0.25) is 0 Å². The Labute approximate surface area is 96.5 Å². The van der Waals surface area contributed by atoms with Gasteiger partial charge in [0.25, 0.3) is 5.69 Å². The molecule has 1 saturated heterocycles. The molecule has 1 aromatic rings. The summed E-state index contributed by atoms with van der Waals surface area (Å²) in [5.41, 5.74) is -0.0612. The van der Waals surface area contributed by atoms with Crippen molar-refractivity contribution in [2.24, 2.45) is 0 Å². The molecule has 90 valence electrons. The second kappa shape index (κ2) is 4.79. The average molecular weight is 238 g/mol. The summed E-state index contributed by atoms with van der Waals surface area (Å²) in [5.74, 6) is 0.216. The van der Waals surface area contributed by atoms with Crippen LogP contribution < -0.4 is 10.1 Å². The number of carbonyl (C=O) groups excluding carboxylic acids is 1. The van der Waals surface area contributed by atoms with E-state index in [0.717, 1.165) is 0 Å². The summed E-state index contributed by atoms with van der Waals surface area (Å²) in [6.45, 7) is 1.24. The molecule has 0 aromatic heterocycles. The Bertz CT molecular complexity index is 427. The molecule has 1 fully saturated rings. The fourth-order valence-electron chi connectivity index (χ4n) is 1.24. The molecule has 1 N–H and O–H groups in total. The molecule has 0 saturated carbocycles. The Hall–Kier alpha value is -2.15. The van der Waals surface area contributed by atoms with Crippen molar-refractivity contribution in [1.29, 1.82) is 0 Å². The minimum absolute atomic E-state index is 0.0612. The van der Waals surface area contributed by atoms with Crippen molar-refractivity contribution in [3.8, 4) is 5.75 Å². The van der Waals surface area contributed by atoms with Gasteiger partial charge in [-0.1, -0.05) is 0 Å². The third-order valence-corrected chi connectivity index (χ3v) is 2.26. The monoisotopic (exact) mass is 238 g/mol. The molecule has 0 spiro atoms. The van der Waals surface area contributed by atoms with Gasteiger partial charge in [-0.3, -0.25) is 10.1 Å². The first-order chi connectivity index (χ1) is 8.15. The predicted octanol–water partition coefficient (Wildman–Crippen LogP) is 1.08. The molecule has 0 bridgehead atoms. The summed E-state index contributed by atoms with van der Waals surface area (Å²) in [5, 5.41) is 13.3. The summed E-state index contributed by atoms with van der Waals surface area (Å²) < 4.78 is 9.75. The van der Waals surface area contributed by atoms with Crippen molar-refractivity contribution in [3.63, 3.8) is 0 Å². The van der Waals surface area contributed by atoms with Crippen LogP contribution in [0.25, 0.3) is 0 Å². The van der Waals surface area contributed by atoms with E-state index in [4.69, 9.17) is 9.47 Å². The van der Waals surface area contributed by atoms with Gasteiger partial charge in [-0.25, -0.2) is 4.79 Å². The maximum Gasteiger partial charge on any atom is 0.514 e. The highest BCUT2D eigenvalue weighted by Gasteiger charge is 2.22. The number of nitrogens with one attached hydrogen (secondary N) is 1. The van der Waals surface area contributed by atoms with Crippen LogP contribution in [0, 0.1) is 10.1 Å². The van der Waals surface area contributed by atoms with E-state index in [1.54, 1.807) is 0 Å². The zero-order valence-corrected chi connectivity index (χ0v) is 8.79. The SMILES string of the molecule is O=C(Oc1ccc([N+](=O)[O-])cc1)OC1CNC1. The molecule has 2 rings (SSSR count). The first-order valence-corrected chi connectivity index (χ1v) is 4.99. The van der Waals surface area contributed by atoms with Crippen LogP contribution in [0.2, 0.25) is 0 Å². The number of hydrogen-bond donors (Lipinski definition) is 1. The van der Waals surface area contributed by atoms with Crippen molar-refractivity contribution >= 4 is 11.8 Å². The van der Waals surface area contributed by atoms with Crippen molar-refractivity contribution in [1.82, 2.24) is 5.32 Å². The van der Waals surface area contributed by atoms with Crippen LogP contribution >= 0.6 is 0 Å². The molecular formula is C10H10N2O5. The molecule has 1 aliphatic heterocycles. The maximum atomic E-state index is 11.2. The standard InChI is InChI=1S/C10H10N2O5/c13-10(17-9-5-11-6-9)16-8-3-1-7(2-4-8)12(14)15/h1-4,9,11H,5-6H2. The zero-order chi connectivity index (χ0) is 12.3. The van der Waals surface area contributed by atoms with Crippen molar-refractivity contribution in [2.75, 3.05) is 13.1 Å². The van der Waals surface area contributed by atoms with Gasteiger partial charge in [-0.05, 0) is 12.1 Å². The minimum Gasteiger partial charge on any atom is -0.428 e. The number of hydrogen-bond acceptors (Lipinski definition) is 6. The largest absolute Gasteiger partial charge is 0.514 e. The molecule has 7 heteroatoms. The summed E-state index contributed by atoms with van der Waals surface area (Å²) in [4.78, 5) is 21.1. The zero-order valence-electron chi connectivity index (χ0n) is 8.79. The topological polar surface area (TPSA) is 90.7 Å². The summed E-state index contributed by atoms with van der Waals surface area (Å²) >= 11 is 0. The molecule has 1 aliphatic rings. The van der Waals surface area contributed by atoms with Gasteiger partial charge >= 0.3 is 6.16 Å². The number of ether oxygens (including phenoxy) is 2. The second-order valence-corrected chi connectivity index (χ2v) is 3.50. The van der Waals surface area contributed by atoms with Gasteiger partial charge in [-0.2, -0.15) is 0 Å². The van der Waals surface area contributed by atoms with E-state index in [2.05, 4.69) is 5.32 Å². The summed E-state index contributed by atoms with van der Waals surface area (Å²) in [6.07, 6.45) is -0.953. The Morgan fingerprint density at radius 1 is 1.35 bits per heavy atom. The molecule has 7 nitrogen and oxygen atoms in total. The Balaban J connectivity index is 1.89. The smallest absolute Gasteiger partial charge is 0.428 e. The van der Waals surface area contributed by atoms with Gasteiger partial charge in [0.15, 0.2) is 0 Å². The van der Waals surface area contributed by atoms with E-state index in [1.165, 1.54) is 24.3 Å². The van der Waals surface area contributed by atoms with Crippen LogP contribution in [-0.4, -0.2) is 30.3 Å². The highest BCUT2D eigenvalue weighted by atomic mass is 16.7. The third kappa shape index (κ3) is 2.91. The molecule has 0 amide bonds. The fourth-order valence-corrected chi connectivity index (χ4v) is 1.24. The molecule has 17 heavy (non-hydrogen) atoms. The number of non-ortho nitro benzene ring substituents is 1. The Kier molecular flexibility index (Phi) is 3.20. The van der Waals surface area contributed by atoms with E-state index in [1.807, 2.05) is 0 Å². The molecular weight excluding hydrogens is 228 g/mol. The quantitative estimate of drug-likeness (QED) is 0.366. The maximum absolute atomic E-state index is 11.2. The van der Waals surface area contributed by atoms with E-state index >= 15 is 0 Å². The van der Waals surface area contributed by atoms with Crippen LogP contribution in [-0.2, 0) is 4.74 Å². The van der Waals surface area contributed by atoms with E-state index in [9.17, 15) is 14.9 Å².